The van der Waals surface area contributed by atoms with Gasteiger partial charge in [0.25, 0.3) is 0 Å². The third kappa shape index (κ3) is 5.42. The van der Waals surface area contributed by atoms with Gasteiger partial charge in [-0.25, -0.2) is 4.52 Å². The van der Waals surface area contributed by atoms with E-state index in [0.717, 1.165) is 29.2 Å². The van der Waals surface area contributed by atoms with Crippen LogP contribution in [0, 0.1) is 0 Å². The summed E-state index contributed by atoms with van der Waals surface area (Å²) in [7, 11) is 0. The van der Waals surface area contributed by atoms with Gasteiger partial charge in [-0.2, -0.15) is 10.1 Å². The van der Waals surface area contributed by atoms with Crippen molar-refractivity contribution in [3.8, 4) is 17.0 Å². The molecule has 0 spiro atoms. The van der Waals surface area contributed by atoms with Gasteiger partial charge in [-0.15, -0.1) is 5.10 Å². The number of rotatable bonds is 10. The minimum atomic E-state index is 0.00807. The second-order valence-electron chi connectivity index (χ2n) is 9.38. The molecule has 3 aromatic heterocycles. The number of ketones is 1. The topological polar surface area (TPSA) is 89.6 Å². The Bertz CT molecular complexity index is 1520. The Morgan fingerprint density at radius 2 is 1.76 bits per heavy atom. The second-order valence-corrected chi connectivity index (χ2v) is 9.38. The summed E-state index contributed by atoms with van der Waals surface area (Å²) in [6, 6.07) is 22.9. The summed E-state index contributed by atoms with van der Waals surface area (Å²) in [6.07, 6.45) is 6.17. The molecule has 9 heteroatoms. The lowest BCUT2D eigenvalue weighted by Crippen LogP contribution is -2.25. The third-order valence-corrected chi connectivity index (χ3v) is 6.68. The molecule has 1 fully saturated rings. The van der Waals surface area contributed by atoms with Gasteiger partial charge in [0, 0.05) is 29.6 Å². The largest absolute Gasteiger partial charge is 0.492 e. The van der Waals surface area contributed by atoms with Crippen LogP contribution >= 0.6 is 0 Å². The molecular formula is C29H29N7O2. The number of hydrogen-bond acceptors (Lipinski definition) is 7. The van der Waals surface area contributed by atoms with Crippen LogP contribution in [0.4, 0.5) is 11.6 Å². The predicted molar refractivity (Wildman–Crippen MR) is 146 cm³/mol. The number of fused-ring (bicyclic) bond motifs is 1. The Labute approximate surface area is 220 Å². The maximum atomic E-state index is 12.6. The fourth-order valence-electron chi connectivity index (χ4n) is 4.68. The molecule has 0 saturated carbocycles. The van der Waals surface area contributed by atoms with E-state index in [1.807, 2.05) is 79.0 Å². The first kappa shape index (κ1) is 23.9. The first-order valence-corrected chi connectivity index (χ1v) is 12.9. The van der Waals surface area contributed by atoms with E-state index in [2.05, 4.69) is 25.4 Å². The van der Waals surface area contributed by atoms with Crippen molar-refractivity contribution >= 4 is 23.1 Å². The molecule has 0 radical (unpaired) electrons. The smallest absolute Gasteiger partial charge is 0.247 e. The Kier molecular flexibility index (Phi) is 6.82. The zero-order chi connectivity index (χ0) is 25.7. The quantitative estimate of drug-likeness (QED) is 0.274. The van der Waals surface area contributed by atoms with Crippen LogP contribution in [0.25, 0.3) is 16.9 Å². The predicted octanol–water partition coefficient (Wildman–Crippen LogP) is 4.69. The second kappa shape index (κ2) is 10.9. The van der Waals surface area contributed by atoms with Crippen molar-refractivity contribution in [3.63, 3.8) is 0 Å². The highest BCUT2D eigenvalue weighted by Gasteiger charge is 2.13. The van der Waals surface area contributed by atoms with E-state index in [-0.39, 0.29) is 12.3 Å². The van der Waals surface area contributed by atoms with Gasteiger partial charge in [-0.3, -0.25) is 14.4 Å². The fraction of sp³-hybridized carbons (Fsp3) is 0.241. The summed E-state index contributed by atoms with van der Waals surface area (Å²) < 4.78 is 9.33. The molecule has 1 N–H and O–H groups in total. The first-order chi connectivity index (χ1) is 18.7. The van der Waals surface area contributed by atoms with Gasteiger partial charge < -0.3 is 10.1 Å². The van der Waals surface area contributed by atoms with E-state index in [4.69, 9.17) is 4.74 Å². The number of hydrogen-bond donors (Lipinski definition) is 1. The Hall–Kier alpha value is -4.50. The minimum Gasteiger partial charge on any atom is -0.492 e. The molecule has 38 heavy (non-hydrogen) atoms. The highest BCUT2D eigenvalue weighted by Crippen LogP contribution is 2.23. The maximum Gasteiger partial charge on any atom is 0.247 e. The van der Waals surface area contributed by atoms with E-state index in [9.17, 15) is 4.79 Å². The van der Waals surface area contributed by atoms with E-state index < -0.39 is 0 Å². The number of Topliss-reactive ketones (excluding diaryl/α,β-unsaturated/α-hetero) is 1. The molecule has 0 bridgehead atoms. The van der Waals surface area contributed by atoms with Crippen LogP contribution in [0.2, 0.25) is 0 Å². The van der Waals surface area contributed by atoms with Crippen LogP contribution in [0.3, 0.4) is 0 Å². The molecule has 0 atom stereocenters. The third-order valence-electron chi connectivity index (χ3n) is 6.68. The number of aromatic nitrogens is 5. The summed E-state index contributed by atoms with van der Waals surface area (Å²) in [5.41, 5.74) is 3.94. The molecule has 192 valence electrons. The van der Waals surface area contributed by atoms with Gasteiger partial charge in [-0.05, 0) is 62.3 Å². The van der Waals surface area contributed by atoms with E-state index in [1.165, 1.54) is 25.9 Å². The lowest BCUT2D eigenvalue weighted by atomic mass is 10.1. The monoisotopic (exact) mass is 507 g/mol. The maximum absolute atomic E-state index is 12.6. The standard InChI is InChI=1S/C29H29N7O2/c37-27(22-7-2-1-3-8-22)21-35-20-23(19-30-35)26-9-6-10-28-32-29(33-36(26)28)31-24-11-13-25(14-12-24)38-18-17-34-15-4-5-16-34/h1-3,6-14,19-20H,4-5,15-18,21H2,(H,31,33). The molecule has 6 rings (SSSR count). The van der Waals surface area contributed by atoms with Crippen LogP contribution in [0.5, 0.6) is 5.75 Å². The highest BCUT2D eigenvalue weighted by molar-refractivity contribution is 5.95. The van der Waals surface area contributed by atoms with Crippen molar-refractivity contribution in [2.24, 2.45) is 0 Å². The lowest BCUT2D eigenvalue weighted by molar-refractivity contribution is 0.0967. The lowest BCUT2D eigenvalue weighted by Gasteiger charge is -2.15. The molecule has 0 aliphatic carbocycles. The van der Waals surface area contributed by atoms with Gasteiger partial charge in [-0.1, -0.05) is 36.4 Å². The van der Waals surface area contributed by atoms with Gasteiger partial charge in [0.1, 0.15) is 18.9 Å². The van der Waals surface area contributed by atoms with Crippen LogP contribution in [-0.4, -0.2) is 61.3 Å². The number of ether oxygens (including phenoxy) is 1. The summed E-state index contributed by atoms with van der Waals surface area (Å²) in [4.78, 5) is 19.6. The van der Waals surface area contributed by atoms with Crippen LogP contribution in [-0.2, 0) is 6.54 Å². The first-order valence-electron chi connectivity index (χ1n) is 12.9. The number of anilines is 2. The molecule has 0 unspecified atom stereocenters. The number of nitrogens with zero attached hydrogens (tertiary/aromatic N) is 6. The van der Waals surface area contributed by atoms with E-state index in [0.29, 0.717) is 23.8 Å². The van der Waals surface area contributed by atoms with Gasteiger partial charge in [0.2, 0.25) is 5.95 Å². The van der Waals surface area contributed by atoms with Crippen molar-refractivity contribution in [1.82, 2.24) is 29.3 Å². The summed E-state index contributed by atoms with van der Waals surface area (Å²) in [5, 5.41) is 12.3. The molecule has 2 aromatic carbocycles. The molecular weight excluding hydrogens is 478 g/mol. The normalized spacial score (nSPS) is 13.7. The summed E-state index contributed by atoms with van der Waals surface area (Å²) in [5.74, 6) is 1.35. The molecule has 1 aliphatic rings. The van der Waals surface area contributed by atoms with Crippen molar-refractivity contribution in [2.75, 3.05) is 31.6 Å². The number of nitrogens with one attached hydrogen (secondary N) is 1. The zero-order valence-corrected chi connectivity index (χ0v) is 21.0. The number of likely N-dealkylation sites (tertiary alicyclic amines) is 1. The summed E-state index contributed by atoms with van der Waals surface area (Å²) in [6.45, 7) is 4.19. The molecule has 9 nitrogen and oxygen atoms in total. The Morgan fingerprint density at radius 3 is 2.58 bits per heavy atom. The Balaban J connectivity index is 1.12. The van der Waals surface area contributed by atoms with Crippen molar-refractivity contribution in [3.05, 3.63) is 90.8 Å². The van der Waals surface area contributed by atoms with Crippen molar-refractivity contribution < 1.29 is 9.53 Å². The number of carbonyl (C=O) groups is 1. The summed E-state index contributed by atoms with van der Waals surface area (Å²) >= 11 is 0. The minimum absolute atomic E-state index is 0.00807. The van der Waals surface area contributed by atoms with Gasteiger partial charge in [0.05, 0.1) is 11.9 Å². The average Bonchev–Trinajstić information content (AvgIpc) is 3.71. The molecule has 1 aliphatic heterocycles. The Morgan fingerprint density at radius 1 is 0.947 bits per heavy atom. The van der Waals surface area contributed by atoms with Crippen LogP contribution in [0.1, 0.15) is 23.2 Å². The van der Waals surface area contributed by atoms with Crippen molar-refractivity contribution in [1.29, 1.82) is 0 Å². The fourth-order valence-corrected chi connectivity index (χ4v) is 4.68. The van der Waals surface area contributed by atoms with Gasteiger partial charge >= 0.3 is 0 Å². The molecule has 5 aromatic rings. The number of pyridine rings is 1. The highest BCUT2D eigenvalue weighted by atomic mass is 16.5. The zero-order valence-electron chi connectivity index (χ0n) is 21.0. The SMILES string of the molecule is O=C(Cn1cc(-c2cccc3nc(Nc4ccc(OCCN5CCCC5)cc4)nn23)cn1)c1ccccc1. The van der Waals surface area contributed by atoms with Crippen molar-refractivity contribution in [2.45, 2.75) is 19.4 Å². The van der Waals surface area contributed by atoms with Crippen LogP contribution in [0.15, 0.2) is 85.2 Å². The van der Waals surface area contributed by atoms with Crippen LogP contribution < -0.4 is 10.1 Å². The van der Waals surface area contributed by atoms with Gasteiger partial charge in [0.15, 0.2) is 11.4 Å². The molecule has 4 heterocycles. The number of carbonyl (C=O) groups excluding carboxylic acids is 1. The molecule has 0 amide bonds. The van der Waals surface area contributed by atoms with E-state index >= 15 is 0 Å². The molecule has 1 saturated heterocycles. The van der Waals surface area contributed by atoms with E-state index in [1.54, 1.807) is 15.4 Å². The number of benzene rings is 2. The average molecular weight is 508 g/mol.